The maximum absolute atomic E-state index is 12.4. The number of anilines is 2. The first-order valence-electron chi connectivity index (χ1n) is 11.3. The van der Waals surface area contributed by atoms with E-state index in [-0.39, 0.29) is 18.6 Å². The third-order valence-corrected chi connectivity index (χ3v) is 5.05. The van der Waals surface area contributed by atoms with Gasteiger partial charge in [-0.15, -0.1) is 0 Å². The van der Waals surface area contributed by atoms with Crippen molar-refractivity contribution >= 4 is 40.2 Å². The van der Waals surface area contributed by atoms with E-state index in [1.54, 1.807) is 64.1 Å². The smallest absolute Gasteiger partial charge is 0.408 e. The molecule has 1 atom stereocenters. The maximum Gasteiger partial charge on any atom is 0.408 e. The highest BCUT2D eigenvalue weighted by Gasteiger charge is 2.25. The number of nitrogens with one attached hydrogen (secondary N) is 2. The lowest BCUT2D eigenvalue weighted by atomic mass is 10.0. The van der Waals surface area contributed by atoms with Crippen molar-refractivity contribution in [1.29, 1.82) is 0 Å². The largest absolute Gasteiger partial charge is 0.478 e. The Labute approximate surface area is 204 Å². The predicted molar refractivity (Wildman–Crippen MR) is 134 cm³/mol. The standard InChI is InChI=1S/C27H30N2O6/c1-5-34-25(32)23(29-26(33)35-27(2,3)4)14-17-10-12-20(13-11-17)28-22-16-19-9-7-6-8-18(19)15-21(22)24(30)31/h6-13,15-16,23,28H,5,14H2,1-4H3,(H,29,33)(H,30,31)/t23-/m1/s1. The van der Waals surface area contributed by atoms with Gasteiger partial charge in [-0.25, -0.2) is 14.4 Å². The Morgan fingerprint density at radius 1 is 0.971 bits per heavy atom. The van der Waals surface area contributed by atoms with Crippen molar-refractivity contribution in [2.24, 2.45) is 0 Å². The summed E-state index contributed by atoms with van der Waals surface area (Å²) in [7, 11) is 0. The van der Waals surface area contributed by atoms with Gasteiger partial charge in [-0.2, -0.15) is 0 Å². The first-order valence-corrected chi connectivity index (χ1v) is 11.3. The molecule has 184 valence electrons. The van der Waals surface area contributed by atoms with E-state index < -0.39 is 29.7 Å². The van der Waals surface area contributed by atoms with Crippen molar-refractivity contribution in [2.45, 2.75) is 45.8 Å². The zero-order chi connectivity index (χ0) is 25.6. The van der Waals surface area contributed by atoms with Gasteiger partial charge in [0.05, 0.1) is 17.9 Å². The van der Waals surface area contributed by atoms with Crippen LogP contribution in [0.15, 0.2) is 60.7 Å². The number of benzene rings is 3. The molecular formula is C27H30N2O6. The van der Waals surface area contributed by atoms with Gasteiger partial charge in [0.25, 0.3) is 0 Å². The predicted octanol–water partition coefficient (Wildman–Crippen LogP) is 5.28. The van der Waals surface area contributed by atoms with E-state index in [1.165, 1.54) is 0 Å². The molecule has 1 amide bonds. The second-order valence-electron chi connectivity index (χ2n) is 9.03. The highest BCUT2D eigenvalue weighted by atomic mass is 16.6. The van der Waals surface area contributed by atoms with Crippen molar-refractivity contribution in [2.75, 3.05) is 11.9 Å². The number of rotatable bonds is 8. The van der Waals surface area contributed by atoms with Crippen LogP contribution in [0.4, 0.5) is 16.2 Å². The zero-order valence-corrected chi connectivity index (χ0v) is 20.3. The third kappa shape index (κ3) is 7.20. The quantitative estimate of drug-likeness (QED) is 0.377. The molecule has 0 spiro atoms. The van der Waals surface area contributed by atoms with Crippen LogP contribution < -0.4 is 10.6 Å². The SMILES string of the molecule is CCOC(=O)[C@@H](Cc1ccc(Nc2cc3ccccc3cc2C(=O)O)cc1)NC(=O)OC(C)(C)C. The van der Waals surface area contributed by atoms with Gasteiger partial charge in [-0.3, -0.25) is 0 Å². The van der Waals surface area contributed by atoms with Crippen molar-refractivity contribution in [3.05, 3.63) is 71.8 Å². The van der Waals surface area contributed by atoms with Crippen molar-refractivity contribution in [3.8, 4) is 0 Å². The Balaban J connectivity index is 1.77. The number of carbonyl (C=O) groups is 3. The van der Waals surface area contributed by atoms with Gasteiger partial charge in [0.1, 0.15) is 11.6 Å². The summed E-state index contributed by atoms with van der Waals surface area (Å²) in [5.41, 5.74) is 1.39. The van der Waals surface area contributed by atoms with E-state index >= 15 is 0 Å². The number of hydrogen-bond donors (Lipinski definition) is 3. The summed E-state index contributed by atoms with van der Waals surface area (Å²) in [5, 5.41) is 17.2. The molecule has 0 aliphatic rings. The van der Waals surface area contributed by atoms with Crippen LogP contribution in [-0.2, 0) is 20.7 Å². The number of amides is 1. The number of carbonyl (C=O) groups excluding carboxylic acids is 2. The fourth-order valence-corrected chi connectivity index (χ4v) is 3.52. The summed E-state index contributed by atoms with van der Waals surface area (Å²) in [6.07, 6.45) is -0.499. The van der Waals surface area contributed by atoms with E-state index in [2.05, 4.69) is 10.6 Å². The van der Waals surface area contributed by atoms with Gasteiger partial charge in [-0.05, 0) is 68.3 Å². The minimum absolute atomic E-state index is 0.164. The van der Waals surface area contributed by atoms with Gasteiger partial charge in [0.2, 0.25) is 0 Å². The van der Waals surface area contributed by atoms with Crippen LogP contribution in [-0.4, -0.2) is 41.4 Å². The molecule has 0 aromatic heterocycles. The molecule has 3 aromatic carbocycles. The number of aromatic carboxylic acids is 1. The number of ether oxygens (including phenoxy) is 2. The van der Waals surface area contributed by atoms with Crippen molar-refractivity contribution in [1.82, 2.24) is 5.32 Å². The van der Waals surface area contributed by atoms with E-state index in [1.807, 2.05) is 24.3 Å². The molecule has 8 nitrogen and oxygen atoms in total. The lowest BCUT2D eigenvalue weighted by Gasteiger charge is -2.23. The van der Waals surface area contributed by atoms with E-state index in [0.717, 1.165) is 16.3 Å². The van der Waals surface area contributed by atoms with E-state index in [0.29, 0.717) is 11.4 Å². The Hall–Kier alpha value is -4.07. The number of carboxylic acid groups (broad SMARTS) is 1. The number of hydrogen-bond acceptors (Lipinski definition) is 6. The van der Waals surface area contributed by atoms with E-state index in [4.69, 9.17) is 9.47 Å². The topological polar surface area (TPSA) is 114 Å². The fourth-order valence-electron chi connectivity index (χ4n) is 3.52. The van der Waals surface area contributed by atoms with Gasteiger partial charge in [-0.1, -0.05) is 36.4 Å². The summed E-state index contributed by atoms with van der Waals surface area (Å²) in [6, 6.07) is 17.2. The summed E-state index contributed by atoms with van der Waals surface area (Å²) >= 11 is 0. The highest BCUT2D eigenvalue weighted by molar-refractivity contribution is 6.01. The van der Waals surface area contributed by atoms with Crippen LogP contribution in [0.2, 0.25) is 0 Å². The molecule has 0 aliphatic heterocycles. The zero-order valence-electron chi connectivity index (χ0n) is 20.3. The average molecular weight is 479 g/mol. The van der Waals surface area contributed by atoms with Gasteiger partial charge in [0.15, 0.2) is 0 Å². The van der Waals surface area contributed by atoms with Gasteiger partial charge >= 0.3 is 18.0 Å². The monoisotopic (exact) mass is 478 g/mol. The molecule has 35 heavy (non-hydrogen) atoms. The normalized spacial score (nSPS) is 12.0. The number of fused-ring (bicyclic) bond motifs is 1. The second kappa shape index (κ2) is 10.9. The third-order valence-electron chi connectivity index (χ3n) is 5.05. The first-order chi connectivity index (χ1) is 16.6. The van der Waals surface area contributed by atoms with Gasteiger partial charge < -0.3 is 25.2 Å². The number of carboxylic acids is 1. The van der Waals surface area contributed by atoms with Crippen LogP contribution in [0.1, 0.15) is 43.6 Å². The highest BCUT2D eigenvalue weighted by Crippen LogP contribution is 2.27. The van der Waals surface area contributed by atoms with Crippen molar-refractivity contribution in [3.63, 3.8) is 0 Å². The summed E-state index contributed by atoms with van der Waals surface area (Å²) in [6.45, 7) is 7.10. The van der Waals surface area contributed by atoms with Crippen molar-refractivity contribution < 1.29 is 29.0 Å². The summed E-state index contributed by atoms with van der Waals surface area (Å²) < 4.78 is 10.4. The lowest BCUT2D eigenvalue weighted by Crippen LogP contribution is -2.45. The van der Waals surface area contributed by atoms with Crippen LogP contribution in [0, 0.1) is 0 Å². The number of esters is 1. The van der Waals surface area contributed by atoms with Crippen LogP contribution in [0.25, 0.3) is 10.8 Å². The van der Waals surface area contributed by atoms with Crippen LogP contribution in [0.5, 0.6) is 0 Å². The Kier molecular flexibility index (Phi) is 7.96. The Morgan fingerprint density at radius 3 is 2.17 bits per heavy atom. The minimum Gasteiger partial charge on any atom is -0.478 e. The fraction of sp³-hybridized carbons (Fsp3) is 0.296. The molecule has 3 N–H and O–H groups in total. The molecule has 0 bridgehead atoms. The molecular weight excluding hydrogens is 448 g/mol. The molecule has 0 saturated heterocycles. The summed E-state index contributed by atoms with van der Waals surface area (Å²) in [4.78, 5) is 36.4. The van der Waals surface area contributed by atoms with Crippen LogP contribution >= 0.6 is 0 Å². The first kappa shape index (κ1) is 25.6. The molecule has 0 radical (unpaired) electrons. The molecule has 0 aliphatic carbocycles. The molecule has 0 heterocycles. The second-order valence-corrected chi connectivity index (χ2v) is 9.03. The minimum atomic E-state index is -1.03. The molecule has 8 heteroatoms. The molecule has 3 rings (SSSR count). The average Bonchev–Trinajstić information content (AvgIpc) is 2.78. The van der Waals surface area contributed by atoms with Gasteiger partial charge in [0, 0.05) is 12.1 Å². The Morgan fingerprint density at radius 2 is 1.60 bits per heavy atom. The molecule has 3 aromatic rings. The Bertz CT molecular complexity index is 1210. The summed E-state index contributed by atoms with van der Waals surface area (Å²) in [5.74, 6) is -1.58. The van der Waals surface area contributed by atoms with E-state index in [9.17, 15) is 19.5 Å². The lowest BCUT2D eigenvalue weighted by molar-refractivity contribution is -0.145. The molecule has 0 unspecified atom stereocenters. The maximum atomic E-state index is 12.4. The number of alkyl carbamates (subject to hydrolysis) is 1. The molecule has 0 saturated carbocycles. The molecule has 0 fully saturated rings. The van der Waals surface area contributed by atoms with Crippen LogP contribution in [0.3, 0.4) is 0 Å².